The molecule has 262 valence electrons. The molecule has 0 spiro atoms. The highest BCUT2D eigenvalue weighted by atomic mass is 16.3. The van der Waals surface area contributed by atoms with Gasteiger partial charge in [-0.1, -0.05) is 111 Å². The van der Waals surface area contributed by atoms with Crippen molar-refractivity contribution in [3.63, 3.8) is 0 Å². The van der Waals surface area contributed by atoms with Crippen LogP contribution in [0.4, 0.5) is 0 Å². The third-order valence-corrected chi connectivity index (χ3v) is 12.9. The van der Waals surface area contributed by atoms with Gasteiger partial charge in [0.25, 0.3) is 5.56 Å². The maximum atomic E-state index is 14.0. The van der Waals surface area contributed by atoms with Crippen LogP contribution in [0.2, 0.25) is 0 Å². The number of rotatable bonds is 2. The molecule has 0 amide bonds. The monoisotopic (exact) mass is 716 g/mol. The predicted molar refractivity (Wildman–Crippen MR) is 232 cm³/mol. The SMILES string of the molecule is CC1(C)c2ccccc2-c2cc3c(cc21)c1ccccc1n3-c1ccc2oc3cccc(-c4ccc5c(c4)c4cccc6c7ccccc7c(=O)n5c64)c3c2c1. The van der Waals surface area contributed by atoms with E-state index in [4.69, 9.17) is 4.42 Å². The largest absolute Gasteiger partial charge is 0.456 e. The van der Waals surface area contributed by atoms with Crippen molar-refractivity contribution in [3.8, 4) is 27.9 Å². The molecule has 4 nitrogen and oxygen atoms in total. The van der Waals surface area contributed by atoms with Crippen LogP contribution >= 0.6 is 0 Å². The summed E-state index contributed by atoms with van der Waals surface area (Å²) in [6, 6.07) is 56.3. The van der Waals surface area contributed by atoms with E-state index in [1.807, 2.05) is 22.6 Å². The maximum Gasteiger partial charge on any atom is 0.263 e. The van der Waals surface area contributed by atoms with Crippen molar-refractivity contribution in [1.29, 1.82) is 0 Å². The Morgan fingerprint density at radius 2 is 1.18 bits per heavy atom. The van der Waals surface area contributed by atoms with Gasteiger partial charge < -0.3 is 8.98 Å². The van der Waals surface area contributed by atoms with Crippen LogP contribution in [-0.2, 0) is 5.41 Å². The number of hydrogen-bond donors (Lipinski definition) is 0. The van der Waals surface area contributed by atoms with Crippen LogP contribution < -0.4 is 5.56 Å². The molecule has 0 N–H and O–H groups in total. The Hall–Kier alpha value is -7.17. The molecule has 0 bridgehead atoms. The molecule has 4 aromatic heterocycles. The second-order valence-corrected chi connectivity index (χ2v) is 16.0. The molecule has 0 unspecified atom stereocenters. The molecule has 8 aromatic carbocycles. The van der Waals surface area contributed by atoms with Gasteiger partial charge in [0.1, 0.15) is 11.2 Å². The summed E-state index contributed by atoms with van der Waals surface area (Å²) >= 11 is 0. The Kier molecular flexibility index (Phi) is 5.56. The highest BCUT2D eigenvalue weighted by Crippen LogP contribution is 2.51. The standard InChI is InChI=1S/C52H32N2O2/c1-52(2)42-18-7-5-12-33(42)38-28-46-40(27-43(38)52)34-13-6-8-19-44(34)53(46)30-22-24-47-41(26-30)49-31(15-10-20-48(49)56-47)29-21-23-45-39(25-29)36-17-9-16-35-32-11-3-4-14-37(32)51(55)54(45)50(35)36/h3-28H,1-2H3. The van der Waals surface area contributed by atoms with Crippen molar-refractivity contribution < 1.29 is 4.42 Å². The molecule has 4 heteroatoms. The van der Waals surface area contributed by atoms with Gasteiger partial charge in [0, 0.05) is 54.2 Å². The van der Waals surface area contributed by atoms with Crippen molar-refractivity contribution >= 4 is 81.7 Å². The van der Waals surface area contributed by atoms with E-state index in [0.717, 1.165) is 76.7 Å². The Morgan fingerprint density at radius 1 is 0.464 bits per heavy atom. The van der Waals surface area contributed by atoms with Crippen molar-refractivity contribution in [1.82, 2.24) is 8.97 Å². The van der Waals surface area contributed by atoms with E-state index in [1.165, 1.54) is 44.1 Å². The van der Waals surface area contributed by atoms with Gasteiger partial charge in [-0.15, -0.1) is 0 Å². The van der Waals surface area contributed by atoms with Gasteiger partial charge in [-0.3, -0.25) is 9.20 Å². The van der Waals surface area contributed by atoms with E-state index >= 15 is 0 Å². The van der Waals surface area contributed by atoms with Crippen molar-refractivity contribution in [3.05, 3.63) is 179 Å². The highest BCUT2D eigenvalue weighted by Gasteiger charge is 2.36. The van der Waals surface area contributed by atoms with E-state index in [9.17, 15) is 4.79 Å². The fourth-order valence-corrected chi connectivity index (χ4v) is 10.3. The third kappa shape index (κ3) is 3.66. The number of furan rings is 1. The molecule has 12 aromatic rings. The van der Waals surface area contributed by atoms with Gasteiger partial charge in [-0.05, 0) is 99.4 Å². The van der Waals surface area contributed by atoms with Crippen LogP contribution in [0.1, 0.15) is 25.0 Å². The first-order chi connectivity index (χ1) is 27.5. The lowest BCUT2D eigenvalue weighted by Gasteiger charge is -2.21. The zero-order valence-corrected chi connectivity index (χ0v) is 30.7. The summed E-state index contributed by atoms with van der Waals surface area (Å²) in [5.41, 5.74) is 14.6. The summed E-state index contributed by atoms with van der Waals surface area (Å²) in [4.78, 5) is 14.0. The summed E-state index contributed by atoms with van der Waals surface area (Å²) in [5.74, 6) is 0. The number of aromatic nitrogens is 2. The normalized spacial score (nSPS) is 13.8. The average molecular weight is 717 g/mol. The highest BCUT2D eigenvalue weighted by molar-refractivity contribution is 6.21. The maximum absolute atomic E-state index is 14.0. The molecule has 1 aliphatic carbocycles. The van der Waals surface area contributed by atoms with Crippen LogP contribution in [-0.4, -0.2) is 8.97 Å². The average Bonchev–Trinajstić information content (AvgIpc) is 3.94. The summed E-state index contributed by atoms with van der Waals surface area (Å²) in [6.45, 7) is 4.69. The Balaban J connectivity index is 1.06. The first-order valence-electron chi connectivity index (χ1n) is 19.3. The fourth-order valence-electron chi connectivity index (χ4n) is 10.3. The molecule has 56 heavy (non-hydrogen) atoms. The van der Waals surface area contributed by atoms with Crippen LogP contribution in [0.15, 0.2) is 167 Å². The lowest BCUT2D eigenvalue weighted by Crippen LogP contribution is -2.14. The van der Waals surface area contributed by atoms with E-state index in [-0.39, 0.29) is 11.0 Å². The summed E-state index contributed by atoms with van der Waals surface area (Å²) in [7, 11) is 0. The molecular formula is C52H32N2O2. The summed E-state index contributed by atoms with van der Waals surface area (Å²) in [5, 5.41) is 9.62. The zero-order chi connectivity index (χ0) is 37.0. The molecule has 1 aliphatic rings. The minimum atomic E-state index is -0.0781. The third-order valence-electron chi connectivity index (χ3n) is 12.9. The minimum absolute atomic E-state index is 0.0189. The lowest BCUT2D eigenvalue weighted by molar-refractivity contribution is 0.661. The summed E-state index contributed by atoms with van der Waals surface area (Å²) < 4.78 is 10.9. The zero-order valence-electron chi connectivity index (χ0n) is 30.7. The molecule has 0 saturated carbocycles. The second-order valence-electron chi connectivity index (χ2n) is 16.0. The Bertz CT molecular complexity index is 3760. The number of pyridine rings is 1. The van der Waals surface area contributed by atoms with Crippen LogP contribution in [0, 0.1) is 0 Å². The molecule has 13 rings (SSSR count). The Morgan fingerprint density at radius 3 is 2.07 bits per heavy atom. The van der Waals surface area contributed by atoms with Crippen molar-refractivity contribution in [2.45, 2.75) is 19.3 Å². The van der Waals surface area contributed by atoms with Gasteiger partial charge in [0.05, 0.1) is 22.1 Å². The van der Waals surface area contributed by atoms with E-state index < -0.39 is 0 Å². The summed E-state index contributed by atoms with van der Waals surface area (Å²) in [6.07, 6.45) is 0. The van der Waals surface area contributed by atoms with Gasteiger partial charge in [-0.25, -0.2) is 0 Å². The first-order valence-corrected chi connectivity index (χ1v) is 19.3. The molecule has 0 fully saturated rings. The van der Waals surface area contributed by atoms with E-state index in [2.05, 4.69) is 158 Å². The number of benzene rings is 8. The fraction of sp³-hybridized carbons (Fsp3) is 0.0577. The van der Waals surface area contributed by atoms with Crippen LogP contribution in [0.25, 0.3) is 110 Å². The van der Waals surface area contributed by atoms with Crippen LogP contribution in [0.5, 0.6) is 0 Å². The van der Waals surface area contributed by atoms with Gasteiger partial charge in [-0.2, -0.15) is 0 Å². The van der Waals surface area contributed by atoms with Crippen molar-refractivity contribution in [2.75, 3.05) is 0 Å². The molecule has 0 saturated heterocycles. The number of fused-ring (bicyclic) bond motifs is 14. The predicted octanol–water partition coefficient (Wildman–Crippen LogP) is 13.2. The van der Waals surface area contributed by atoms with Crippen molar-refractivity contribution in [2.24, 2.45) is 0 Å². The van der Waals surface area contributed by atoms with E-state index in [0.29, 0.717) is 0 Å². The molecule has 0 atom stereocenters. The number of hydrogen-bond acceptors (Lipinski definition) is 2. The smallest absolute Gasteiger partial charge is 0.263 e. The molecule has 0 radical (unpaired) electrons. The molecule has 0 aliphatic heterocycles. The van der Waals surface area contributed by atoms with Gasteiger partial charge >= 0.3 is 0 Å². The number of para-hydroxylation sites is 2. The van der Waals surface area contributed by atoms with Gasteiger partial charge in [0.2, 0.25) is 0 Å². The lowest BCUT2D eigenvalue weighted by atomic mass is 9.82. The molecule has 4 heterocycles. The van der Waals surface area contributed by atoms with E-state index in [1.54, 1.807) is 0 Å². The second kappa shape index (κ2) is 10.3. The van der Waals surface area contributed by atoms with Gasteiger partial charge in [0.15, 0.2) is 0 Å². The first kappa shape index (κ1) is 30.2. The topological polar surface area (TPSA) is 39.5 Å². The van der Waals surface area contributed by atoms with Crippen LogP contribution in [0.3, 0.4) is 0 Å². The number of nitrogens with zero attached hydrogens (tertiary/aromatic N) is 2. The molecular weight excluding hydrogens is 685 g/mol. The minimum Gasteiger partial charge on any atom is -0.456 e. The Labute approximate surface area is 320 Å². The quantitative estimate of drug-likeness (QED) is 0.167.